The molecule has 0 spiro atoms. The molecule has 0 aliphatic carbocycles. The number of anilines is 1. The van der Waals surface area contributed by atoms with Gasteiger partial charge in [0.1, 0.15) is 26.2 Å². The molecule has 1 aliphatic heterocycles. The molecule has 0 unspecified atom stereocenters. The Hall–Kier alpha value is -1.52. The van der Waals surface area contributed by atoms with Crippen molar-refractivity contribution in [1.82, 2.24) is 4.31 Å². The molecule has 0 bridgehead atoms. The first-order valence-electron chi connectivity index (χ1n) is 10.0. The van der Waals surface area contributed by atoms with Crippen molar-refractivity contribution in [3.05, 3.63) is 23.8 Å². The van der Waals surface area contributed by atoms with Gasteiger partial charge in [0.05, 0.1) is 18.1 Å². The fourth-order valence-electron chi connectivity index (χ4n) is 3.26. The normalized spacial score (nSPS) is 15.7. The van der Waals surface area contributed by atoms with Crippen LogP contribution in [-0.4, -0.2) is 77.7 Å². The van der Waals surface area contributed by atoms with E-state index in [9.17, 15) is 13.2 Å². The molecule has 0 saturated carbocycles. The Bertz CT molecular complexity index is 744. The van der Waals surface area contributed by atoms with Gasteiger partial charge in [0.2, 0.25) is 10.0 Å². The second-order valence-corrected chi connectivity index (χ2v) is 8.95. The molecular weight excluding hydrogens is 380 g/mol. The molecule has 1 aromatic rings. The van der Waals surface area contributed by atoms with Crippen LogP contribution in [0.5, 0.6) is 0 Å². The minimum Gasteiger partial charge on any atom is -0.370 e. The van der Waals surface area contributed by atoms with E-state index in [-0.39, 0.29) is 10.8 Å². The molecule has 9 heteroatoms. The number of nitrogens with zero attached hydrogens (tertiary/aromatic N) is 1. The predicted molar refractivity (Wildman–Crippen MR) is 108 cm³/mol. The third-order valence-electron chi connectivity index (χ3n) is 5.06. The number of morpholine rings is 1. The molecule has 0 atom stereocenters. The number of carbonyl (C=O) groups is 1. The molecular formula is C19H34N4O4S+2. The number of rotatable bonds is 10. The van der Waals surface area contributed by atoms with Gasteiger partial charge in [-0.25, -0.2) is 8.42 Å². The lowest BCUT2D eigenvalue weighted by molar-refractivity contribution is -0.919. The monoisotopic (exact) mass is 414 g/mol. The number of hydrogen-bond acceptors (Lipinski definition) is 4. The van der Waals surface area contributed by atoms with Gasteiger partial charge in [0.15, 0.2) is 6.54 Å². The zero-order valence-corrected chi connectivity index (χ0v) is 18.0. The second kappa shape index (κ2) is 10.9. The van der Waals surface area contributed by atoms with Crippen molar-refractivity contribution in [1.29, 1.82) is 0 Å². The van der Waals surface area contributed by atoms with Gasteiger partial charge in [-0.15, -0.1) is 0 Å². The standard InChI is InChI=1S/C19H32N4O4S/c1-4-23(5-2)28(25,26)17-7-6-16(3)18(14-17)21-19(24)15-20-8-9-22-10-12-27-13-11-22/h6-7,14,20H,4-5,8-13,15H2,1-3H3,(H,21,24)/p+2. The van der Waals surface area contributed by atoms with Crippen molar-refractivity contribution < 1.29 is 28.2 Å². The van der Waals surface area contributed by atoms with Crippen LogP contribution in [0.4, 0.5) is 5.69 Å². The van der Waals surface area contributed by atoms with E-state index in [4.69, 9.17) is 4.74 Å². The summed E-state index contributed by atoms with van der Waals surface area (Å²) >= 11 is 0. The van der Waals surface area contributed by atoms with Gasteiger partial charge >= 0.3 is 0 Å². The summed E-state index contributed by atoms with van der Waals surface area (Å²) in [7, 11) is -3.55. The number of ether oxygens (including phenoxy) is 1. The van der Waals surface area contributed by atoms with Gasteiger partial charge in [-0.05, 0) is 24.6 Å². The van der Waals surface area contributed by atoms with Crippen LogP contribution in [0, 0.1) is 6.92 Å². The van der Waals surface area contributed by atoms with Crippen LogP contribution < -0.4 is 15.5 Å². The number of hydrogen-bond donors (Lipinski definition) is 3. The van der Waals surface area contributed by atoms with Gasteiger partial charge in [-0.3, -0.25) is 4.79 Å². The average Bonchev–Trinajstić information content (AvgIpc) is 2.68. The number of sulfonamides is 1. The summed E-state index contributed by atoms with van der Waals surface area (Å²) in [4.78, 5) is 14.0. The summed E-state index contributed by atoms with van der Waals surface area (Å²) in [5, 5.41) is 4.85. The first-order chi connectivity index (χ1) is 13.4. The average molecular weight is 415 g/mol. The molecule has 1 aliphatic rings. The first kappa shape index (κ1) is 22.8. The smallest absolute Gasteiger partial charge is 0.279 e. The van der Waals surface area contributed by atoms with Gasteiger partial charge in [-0.1, -0.05) is 19.9 Å². The summed E-state index contributed by atoms with van der Waals surface area (Å²) in [6, 6.07) is 4.88. The van der Waals surface area contributed by atoms with E-state index in [1.165, 1.54) is 9.21 Å². The lowest BCUT2D eigenvalue weighted by Gasteiger charge is -2.22. The van der Waals surface area contributed by atoms with Crippen LogP contribution in [0.1, 0.15) is 19.4 Å². The topological polar surface area (TPSA) is 96.8 Å². The molecule has 0 aromatic heterocycles. The summed E-state index contributed by atoms with van der Waals surface area (Å²) in [5.41, 5.74) is 1.38. The molecule has 1 saturated heterocycles. The van der Waals surface area contributed by atoms with Crippen LogP contribution in [-0.2, 0) is 19.6 Å². The number of carbonyl (C=O) groups excluding carboxylic acids is 1. The Balaban J connectivity index is 1.91. The van der Waals surface area contributed by atoms with Gasteiger partial charge in [0.25, 0.3) is 5.91 Å². The molecule has 0 radical (unpaired) electrons. The van der Waals surface area contributed by atoms with E-state index >= 15 is 0 Å². The minimum absolute atomic E-state index is 0.127. The van der Waals surface area contributed by atoms with Gasteiger partial charge in [-0.2, -0.15) is 4.31 Å². The number of nitrogens with one attached hydrogen (secondary N) is 2. The highest BCUT2D eigenvalue weighted by molar-refractivity contribution is 7.89. The third kappa shape index (κ3) is 6.25. The molecule has 1 amide bonds. The van der Waals surface area contributed by atoms with Crippen LogP contribution in [0.3, 0.4) is 0 Å². The van der Waals surface area contributed by atoms with Crippen molar-refractivity contribution in [3.63, 3.8) is 0 Å². The Kier molecular flexibility index (Phi) is 8.84. The number of nitrogens with two attached hydrogens (primary N) is 1. The van der Waals surface area contributed by atoms with Crippen molar-refractivity contribution in [2.24, 2.45) is 0 Å². The number of benzene rings is 1. The van der Waals surface area contributed by atoms with Crippen molar-refractivity contribution >= 4 is 21.6 Å². The van der Waals surface area contributed by atoms with Crippen LogP contribution in [0.25, 0.3) is 0 Å². The quantitative estimate of drug-likeness (QED) is 0.404. The number of quaternary nitrogens is 2. The van der Waals surface area contributed by atoms with E-state index in [0.29, 0.717) is 25.3 Å². The fourth-order valence-corrected chi connectivity index (χ4v) is 4.74. The molecule has 158 valence electrons. The molecule has 1 fully saturated rings. The number of amides is 1. The Labute approximate surface area is 168 Å². The van der Waals surface area contributed by atoms with Gasteiger partial charge < -0.3 is 20.3 Å². The summed E-state index contributed by atoms with van der Waals surface area (Å²) in [6.07, 6.45) is 0. The number of aryl methyl sites for hydroxylation is 1. The van der Waals surface area contributed by atoms with Crippen LogP contribution >= 0.6 is 0 Å². The maximum atomic E-state index is 12.7. The van der Waals surface area contributed by atoms with Crippen LogP contribution in [0.15, 0.2) is 23.1 Å². The van der Waals surface area contributed by atoms with Crippen LogP contribution in [0.2, 0.25) is 0 Å². The van der Waals surface area contributed by atoms with Gasteiger partial charge in [0, 0.05) is 18.8 Å². The first-order valence-corrected chi connectivity index (χ1v) is 11.5. The molecule has 1 aromatic carbocycles. The summed E-state index contributed by atoms with van der Waals surface area (Å²) < 4.78 is 32.2. The Morgan fingerprint density at radius 1 is 1.25 bits per heavy atom. The highest BCUT2D eigenvalue weighted by atomic mass is 32.2. The third-order valence-corrected chi connectivity index (χ3v) is 7.10. The lowest BCUT2D eigenvalue weighted by Crippen LogP contribution is -3.16. The van der Waals surface area contributed by atoms with E-state index in [1.807, 2.05) is 26.1 Å². The zero-order chi connectivity index (χ0) is 20.6. The molecule has 1 heterocycles. The van der Waals surface area contributed by atoms with E-state index in [0.717, 1.165) is 45.0 Å². The van der Waals surface area contributed by atoms with E-state index < -0.39 is 10.0 Å². The highest BCUT2D eigenvalue weighted by Gasteiger charge is 2.22. The molecule has 28 heavy (non-hydrogen) atoms. The largest absolute Gasteiger partial charge is 0.370 e. The predicted octanol–water partition coefficient (Wildman–Crippen LogP) is -1.56. The van der Waals surface area contributed by atoms with Crippen molar-refractivity contribution in [2.45, 2.75) is 25.7 Å². The fraction of sp³-hybridized carbons (Fsp3) is 0.632. The van der Waals surface area contributed by atoms with E-state index in [2.05, 4.69) is 5.32 Å². The molecule has 2 rings (SSSR count). The Morgan fingerprint density at radius 3 is 2.57 bits per heavy atom. The van der Waals surface area contributed by atoms with E-state index in [1.54, 1.807) is 18.2 Å². The maximum absolute atomic E-state index is 12.7. The van der Waals surface area contributed by atoms with Crippen molar-refractivity contribution in [3.8, 4) is 0 Å². The highest BCUT2D eigenvalue weighted by Crippen LogP contribution is 2.22. The van der Waals surface area contributed by atoms with Crippen molar-refractivity contribution in [2.75, 3.05) is 64.3 Å². The maximum Gasteiger partial charge on any atom is 0.279 e. The summed E-state index contributed by atoms with van der Waals surface area (Å²) in [5.74, 6) is -0.127. The minimum atomic E-state index is -3.55. The molecule has 8 nitrogen and oxygen atoms in total. The second-order valence-electron chi connectivity index (χ2n) is 7.01. The Morgan fingerprint density at radius 2 is 1.93 bits per heavy atom. The molecule has 4 N–H and O–H groups in total. The SMILES string of the molecule is CCN(CC)S(=O)(=O)c1ccc(C)c(NC(=O)C[NH2+]CC[NH+]2CCOCC2)c1. The lowest BCUT2D eigenvalue weighted by atomic mass is 10.2. The zero-order valence-electron chi connectivity index (χ0n) is 17.2. The summed E-state index contributed by atoms with van der Waals surface area (Å²) in [6.45, 7) is 12.2.